The van der Waals surface area contributed by atoms with Crippen molar-refractivity contribution >= 4 is 0 Å². The minimum absolute atomic E-state index is 0.133. The van der Waals surface area contributed by atoms with E-state index < -0.39 is 0 Å². The molecular weight excluding hydrogens is 229 g/mol. The van der Waals surface area contributed by atoms with Crippen LogP contribution < -0.4 is 5.73 Å². The van der Waals surface area contributed by atoms with Gasteiger partial charge in [-0.25, -0.2) is 14.4 Å². The second-order valence-electron chi connectivity index (χ2n) is 4.30. The van der Waals surface area contributed by atoms with Gasteiger partial charge in [0.1, 0.15) is 5.82 Å². The van der Waals surface area contributed by atoms with Crippen LogP contribution in [0, 0.1) is 5.82 Å². The fourth-order valence-corrected chi connectivity index (χ4v) is 1.68. The molecule has 2 aromatic rings. The van der Waals surface area contributed by atoms with Gasteiger partial charge in [0.05, 0.1) is 0 Å². The third-order valence-corrected chi connectivity index (χ3v) is 2.81. The van der Waals surface area contributed by atoms with Crippen molar-refractivity contribution in [3.8, 4) is 11.4 Å². The minimum Gasteiger partial charge on any atom is -0.327 e. The van der Waals surface area contributed by atoms with Gasteiger partial charge in [-0.05, 0) is 30.5 Å². The molecule has 1 aromatic carbocycles. The fourth-order valence-electron chi connectivity index (χ4n) is 1.68. The summed E-state index contributed by atoms with van der Waals surface area (Å²) in [4.78, 5) is 8.49. The molecule has 1 heterocycles. The van der Waals surface area contributed by atoms with E-state index in [-0.39, 0.29) is 11.9 Å². The van der Waals surface area contributed by atoms with E-state index >= 15 is 0 Å². The third kappa shape index (κ3) is 3.11. The molecule has 0 spiro atoms. The van der Waals surface area contributed by atoms with Gasteiger partial charge in [0.25, 0.3) is 0 Å². The van der Waals surface area contributed by atoms with E-state index in [1.807, 2.05) is 6.92 Å². The fraction of sp³-hybridized carbons (Fsp3) is 0.286. The molecule has 1 unspecified atom stereocenters. The standard InChI is InChI=1S/C14H16FN3/c1-2-13(16)6-10-8-17-14(18-9-10)11-4-3-5-12(15)7-11/h3-5,7-9,13H,2,6,16H2,1H3. The molecule has 0 fully saturated rings. The van der Waals surface area contributed by atoms with Gasteiger partial charge in [-0.1, -0.05) is 19.1 Å². The minimum atomic E-state index is -0.284. The quantitative estimate of drug-likeness (QED) is 0.900. The van der Waals surface area contributed by atoms with Gasteiger partial charge in [0.2, 0.25) is 0 Å². The highest BCUT2D eigenvalue weighted by atomic mass is 19.1. The van der Waals surface area contributed by atoms with Gasteiger partial charge < -0.3 is 5.73 Å². The summed E-state index contributed by atoms with van der Waals surface area (Å²) >= 11 is 0. The lowest BCUT2D eigenvalue weighted by molar-refractivity contribution is 0.628. The van der Waals surface area contributed by atoms with Crippen LogP contribution in [0.1, 0.15) is 18.9 Å². The average molecular weight is 245 g/mol. The molecule has 0 saturated heterocycles. The maximum atomic E-state index is 13.1. The van der Waals surface area contributed by atoms with E-state index in [2.05, 4.69) is 9.97 Å². The monoisotopic (exact) mass is 245 g/mol. The number of rotatable bonds is 4. The zero-order valence-corrected chi connectivity index (χ0v) is 10.3. The normalized spacial score (nSPS) is 12.4. The van der Waals surface area contributed by atoms with E-state index in [0.29, 0.717) is 11.4 Å². The summed E-state index contributed by atoms with van der Waals surface area (Å²) in [6.45, 7) is 2.05. The number of hydrogen-bond acceptors (Lipinski definition) is 3. The van der Waals surface area contributed by atoms with E-state index in [0.717, 1.165) is 18.4 Å². The maximum absolute atomic E-state index is 13.1. The highest BCUT2D eigenvalue weighted by molar-refractivity contribution is 5.54. The van der Waals surface area contributed by atoms with Crippen molar-refractivity contribution in [2.24, 2.45) is 5.73 Å². The van der Waals surface area contributed by atoms with Crippen LogP contribution in [0.4, 0.5) is 4.39 Å². The molecule has 0 aliphatic heterocycles. The molecule has 0 saturated carbocycles. The lowest BCUT2D eigenvalue weighted by atomic mass is 10.1. The first kappa shape index (κ1) is 12.6. The van der Waals surface area contributed by atoms with Gasteiger partial charge in [0, 0.05) is 24.0 Å². The van der Waals surface area contributed by atoms with Crippen LogP contribution in [0.15, 0.2) is 36.7 Å². The zero-order valence-electron chi connectivity index (χ0n) is 10.3. The number of benzene rings is 1. The van der Waals surface area contributed by atoms with Gasteiger partial charge >= 0.3 is 0 Å². The van der Waals surface area contributed by atoms with Crippen molar-refractivity contribution in [1.29, 1.82) is 0 Å². The van der Waals surface area contributed by atoms with E-state index in [4.69, 9.17) is 5.73 Å². The Labute approximate surface area is 106 Å². The van der Waals surface area contributed by atoms with Gasteiger partial charge in [-0.15, -0.1) is 0 Å². The Morgan fingerprint density at radius 3 is 2.61 bits per heavy atom. The average Bonchev–Trinajstić information content (AvgIpc) is 2.39. The predicted molar refractivity (Wildman–Crippen MR) is 69.4 cm³/mol. The lowest BCUT2D eigenvalue weighted by Gasteiger charge is -2.08. The summed E-state index contributed by atoms with van der Waals surface area (Å²) in [6, 6.07) is 6.39. The summed E-state index contributed by atoms with van der Waals surface area (Å²) in [5.74, 6) is 0.247. The summed E-state index contributed by atoms with van der Waals surface area (Å²) < 4.78 is 13.1. The number of aromatic nitrogens is 2. The molecule has 1 atom stereocenters. The zero-order chi connectivity index (χ0) is 13.0. The number of nitrogens with two attached hydrogens (primary N) is 1. The third-order valence-electron chi connectivity index (χ3n) is 2.81. The molecule has 0 aliphatic rings. The Hall–Kier alpha value is -1.81. The summed E-state index contributed by atoms with van der Waals surface area (Å²) in [6.07, 6.45) is 5.19. The highest BCUT2D eigenvalue weighted by Gasteiger charge is 2.05. The molecule has 4 heteroatoms. The van der Waals surface area contributed by atoms with E-state index in [9.17, 15) is 4.39 Å². The maximum Gasteiger partial charge on any atom is 0.159 e. The second-order valence-corrected chi connectivity index (χ2v) is 4.30. The molecule has 0 amide bonds. The van der Waals surface area contributed by atoms with Crippen LogP contribution in [0.3, 0.4) is 0 Å². The molecule has 0 bridgehead atoms. The van der Waals surface area contributed by atoms with Crippen LogP contribution in [-0.2, 0) is 6.42 Å². The topological polar surface area (TPSA) is 51.8 Å². The second kappa shape index (κ2) is 5.69. The predicted octanol–water partition coefficient (Wildman–Crippen LogP) is 2.56. The Balaban J connectivity index is 2.17. The van der Waals surface area contributed by atoms with Crippen molar-refractivity contribution in [3.05, 3.63) is 48.0 Å². The number of halogens is 1. The van der Waals surface area contributed by atoms with Crippen molar-refractivity contribution in [1.82, 2.24) is 9.97 Å². The van der Waals surface area contributed by atoms with Crippen molar-refractivity contribution in [2.75, 3.05) is 0 Å². The Bertz CT molecular complexity index is 511. The highest BCUT2D eigenvalue weighted by Crippen LogP contribution is 2.15. The van der Waals surface area contributed by atoms with Crippen LogP contribution >= 0.6 is 0 Å². The van der Waals surface area contributed by atoms with Crippen molar-refractivity contribution in [2.45, 2.75) is 25.8 Å². The summed E-state index contributed by atoms with van der Waals surface area (Å²) in [7, 11) is 0. The van der Waals surface area contributed by atoms with E-state index in [1.165, 1.54) is 12.1 Å². The van der Waals surface area contributed by atoms with Crippen LogP contribution in [0.2, 0.25) is 0 Å². The molecule has 2 N–H and O–H groups in total. The van der Waals surface area contributed by atoms with Crippen LogP contribution in [-0.4, -0.2) is 16.0 Å². The molecular formula is C14H16FN3. The van der Waals surface area contributed by atoms with Gasteiger partial charge in [0.15, 0.2) is 5.82 Å². The number of nitrogens with zero attached hydrogens (tertiary/aromatic N) is 2. The molecule has 1 aromatic heterocycles. The largest absolute Gasteiger partial charge is 0.327 e. The Morgan fingerprint density at radius 2 is 2.00 bits per heavy atom. The van der Waals surface area contributed by atoms with E-state index in [1.54, 1.807) is 24.5 Å². The molecule has 0 aliphatic carbocycles. The first-order valence-electron chi connectivity index (χ1n) is 6.01. The van der Waals surface area contributed by atoms with Crippen molar-refractivity contribution in [3.63, 3.8) is 0 Å². The first-order valence-corrected chi connectivity index (χ1v) is 6.01. The van der Waals surface area contributed by atoms with Crippen LogP contribution in [0.25, 0.3) is 11.4 Å². The lowest BCUT2D eigenvalue weighted by Crippen LogP contribution is -2.21. The van der Waals surface area contributed by atoms with Crippen molar-refractivity contribution < 1.29 is 4.39 Å². The molecule has 2 rings (SSSR count). The molecule has 3 nitrogen and oxygen atoms in total. The smallest absolute Gasteiger partial charge is 0.159 e. The summed E-state index contributed by atoms with van der Waals surface area (Å²) in [5.41, 5.74) is 7.55. The first-order chi connectivity index (χ1) is 8.69. The molecule has 0 radical (unpaired) electrons. The molecule has 94 valence electrons. The van der Waals surface area contributed by atoms with Gasteiger partial charge in [-0.3, -0.25) is 0 Å². The Morgan fingerprint density at radius 1 is 1.28 bits per heavy atom. The number of hydrogen-bond donors (Lipinski definition) is 1. The Kier molecular flexibility index (Phi) is 3.99. The SMILES string of the molecule is CCC(N)Cc1cnc(-c2cccc(F)c2)nc1. The molecule has 18 heavy (non-hydrogen) atoms. The summed E-state index contributed by atoms with van der Waals surface area (Å²) in [5, 5.41) is 0. The van der Waals surface area contributed by atoms with Crippen LogP contribution in [0.5, 0.6) is 0 Å². The van der Waals surface area contributed by atoms with Gasteiger partial charge in [-0.2, -0.15) is 0 Å².